The molecule has 0 spiro atoms. The fraction of sp³-hybridized carbons (Fsp3) is 0.333. The van der Waals surface area contributed by atoms with Crippen LogP contribution in [-0.4, -0.2) is 34.5 Å². The Balaban J connectivity index is 2.24. The summed E-state index contributed by atoms with van der Waals surface area (Å²) in [4.78, 5) is 25.1. The molecule has 1 aliphatic heterocycles. The number of alkyl halides is 3. The van der Waals surface area contributed by atoms with E-state index in [2.05, 4.69) is 22.5 Å². The Kier molecular flexibility index (Phi) is 4.88. The van der Waals surface area contributed by atoms with E-state index in [0.717, 1.165) is 5.57 Å². The van der Waals surface area contributed by atoms with E-state index in [0.29, 0.717) is 16.7 Å². The lowest BCUT2D eigenvalue weighted by molar-refractivity contribution is 0.0206. The molecule has 0 fully saturated rings. The molecule has 112 valence electrons. The number of hydrogen-bond acceptors (Lipinski definition) is 2. The molecule has 1 heterocycles. The van der Waals surface area contributed by atoms with Gasteiger partial charge in [-0.05, 0) is 25.0 Å². The van der Waals surface area contributed by atoms with Crippen molar-refractivity contribution in [3.63, 3.8) is 0 Å². The van der Waals surface area contributed by atoms with E-state index in [9.17, 15) is 18.4 Å². The van der Waals surface area contributed by atoms with Crippen LogP contribution in [-0.2, 0) is 0 Å². The van der Waals surface area contributed by atoms with Crippen LogP contribution in [0.25, 0.3) is 0 Å². The Hall–Kier alpha value is -1.56. The van der Waals surface area contributed by atoms with Gasteiger partial charge in [-0.25, -0.2) is 8.78 Å². The molecular formula is C15H14BrF2NO2. The summed E-state index contributed by atoms with van der Waals surface area (Å²) >= 11 is 3.20. The fourth-order valence-corrected chi connectivity index (χ4v) is 2.58. The summed E-state index contributed by atoms with van der Waals surface area (Å²) in [6.07, 6.45) is -2.45. The molecule has 21 heavy (non-hydrogen) atoms. The minimum absolute atomic E-state index is 0.00751. The van der Waals surface area contributed by atoms with Gasteiger partial charge in [0, 0.05) is 5.33 Å². The normalized spacial score (nSPS) is 15.5. The van der Waals surface area contributed by atoms with Crippen molar-refractivity contribution in [1.29, 1.82) is 0 Å². The summed E-state index contributed by atoms with van der Waals surface area (Å²) in [6.45, 7) is 3.73. The summed E-state index contributed by atoms with van der Waals surface area (Å²) in [5.41, 5.74) is 1.12. The molecule has 0 saturated heterocycles. The van der Waals surface area contributed by atoms with Crippen LogP contribution in [0, 0.1) is 0 Å². The van der Waals surface area contributed by atoms with E-state index in [4.69, 9.17) is 0 Å². The maximum Gasteiger partial charge on any atom is 0.262 e. The highest BCUT2D eigenvalue weighted by atomic mass is 79.9. The minimum atomic E-state index is -2.78. The second-order valence-corrected chi connectivity index (χ2v) is 5.41. The van der Waals surface area contributed by atoms with Crippen molar-refractivity contribution in [2.24, 2.45) is 0 Å². The number of imide groups is 1. The van der Waals surface area contributed by atoms with Crippen LogP contribution < -0.4 is 0 Å². The highest BCUT2D eigenvalue weighted by molar-refractivity contribution is 9.09. The summed E-state index contributed by atoms with van der Waals surface area (Å²) < 4.78 is 26.6. The Bertz CT molecular complexity index is 554. The average molecular weight is 358 g/mol. The molecule has 1 aromatic carbocycles. The summed E-state index contributed by atoms with van der Waals surface area (Å²) in [7, 11) is 0. The first-order valence-corrected chi connectivity index (χ1v) is 7.57. The van der Waals surface area contributed by atoms with Crippen molar-refractivity contribution in [3.05, 3.63) is 47.5 Å². The minimum Gasteiger partial charge on any atom is -0.269 e. The molecule has 3 nitrogen and oxygen atoms in total. The number of benzene rings is 1. The molecule has 0 aliphatic carbocycles. The monoisotopic (exact) mass is 357 g/mol. The van der Waals surface area contributed by atoms with Gasteiger partial charge >= 0.3 is 0 Å². The maximum atomic E-state index is 13.3. The zero-order valence-corrected chi connectivity index (χ0v) is 12.8. The number of carbonyl (C=O) groups excluding carboxylic acids is 2. The van der Waals surface area contributed by atoms with Crippen LogP contribution in [0.1, 0.15) is 33.6 Å². The molecule has 2 rings (SSSR count). The molecule has 0 saturated carbocycles. The second kappa shape index (κ2) is 6.47. The predicted molar refractivity (Wildman–Crippen MR) is 78.9 cm³/mol. The second-order valence-electron chi connectivity index (χ2n) is 4.85. The van der Waals surface area contributed by atoms with Crippen LogP contribution in [0.4, 0.5) is 8.78 Å². The molecule has 6 heteroatoms. The SMILES string of the molecule is C=C(CBr)CCC(C(F)F)N1C(=O)c2ccccc2C1=O. The number of fused-ring (bicyclic) bond motifs is 1. The number of hydrogen-bond donors (Lipinski definition) is 0. The zero-order chi connectivity index (χ0) is 15.6. The van der Waals surface area contributed by atoms with Gasteiger partial charge in [-0.1, -0.05) is 40.2 Å². The van der Waals surface area contributed by atoms with Gasteiger partial charge in [0.05, 0.1) is 11.1 Å². The van der Waals surface area contributed by atoms with E-state index in [-0.39, 0.29) is 17.5 Å². The summed E-state index contributed by atoms with van der Waals surface area (Å²) in [6, 6.07) is 4.76. The lowest BCUT2D eigenvalue weighted by atomic mass is 10.1. The van der Waals surface area contributed by atoms with E-state index in [1.165, 1.54) is 12.1 Å². The van der Waals surface area contributed by atoms with E-state index >= 15 is 0 Å². The van der Waals surface area contributed by atoms with Gasteiger partial charge in [0.15, 0.2) is 0 Å². The number of carbonyl (C=O) groups is 2. The van der Waals surface area contributed by atoms with Gasteiger partial charge < -0.3 is 0 Å². The summed E-state index contributed by atoms with van der Waals surface area (Å²) in [5.74, 6) is -1.30. The van der Waals surface area contributed by atoms with Crippen LogP contribution in [0.3, 0.4) is 0 Å². The van der Waals surface area contributed by atoms with Crippen LogP contribution in [0.15, 0.2) is 36.4 Å². The molecule has 2 amide bonds. The third kappa shape index (κ3) is 3.05. The quantitative estimate of drug-likeness (QED) is 0.442. The van der Waals surface area contributed by atoms with Crippen molar-refractivity contribution in [2.75, 3.05) is 5.33 Å². The first-order valence-electron chi connectivity index (χ1n) is 6.45. The molecule has 0 bridgehead atoms. The van der Waals surface area contributed by atoms with E-state index < -0.39 is 24.3 Å². The molecule has 0 N–H and O–H groups in total. The van der Waals surface area contributed by atoms with E-state index in [1.54, 1.807) is 12.1 Å². The van der Waals surface area contributed by atoms with Gasteiger partial charge in [0.25, 0.3) is 18.2 Å². The van der Waals surface area contributed by atoms with Crippen molar-refractivity contribution >= 4 is 27.7 Å². The molecule has 1 atom stereocenters. The first kappa shape index (κ1) is 15.8. The number of halogens is 3. The number of rotatable bonds is 6. The van der Waals surface area contributed by atoms with E-state index in [1.807, 2.05) is 0 Å². The molecule has 0 radical (unpaired) electrons. The number of amides is 2. The highest BCUT2D eigenvalue weighted by Crippen LogP contribution is 2.29. The van der Waals surface area contributed by atoms with Crippen LogP contribution >= 0.6 is 15.9 Å². The van der Waals surface area contributed by atoms with Gasteiger partial charge in [0.1, 0.15) is 6.04 Å². The van der Waals surface area contributed by atoms with Crippen molar-refractivity contribution in [2.45, 2.75) is 25.3 Å². The smallest absolute Gasteiger partial charge is 0.262 e. The topological polar surface area (TPSA) is 37.4 Å². The average Bonchev–Trinajstić information content (AvgIpc) is 2.72. The third-order valence-electron chi connectivity index (χ3n) is 3.43. The van der Waals surface area contributed by atoms with Gasteiger partial charge in [-0.2, -0.15) is 0 Å². The van der Waals surface area contributed by atoms with Crippen molar-refractivity contribution < 1.29 is 18.4 Å². The standard InChI is InChI=1S/C15H14BrF2NO2/c1-9(8-16)6-7-12(13(17)18)19-14(20)10-4-2-3-5-11(10)15(19)21/h2-5,12-13H,1,6-8H2. The lowest BCUT2D eigenvalue weighted by Crippen LogP contribution is -2.44. The highest BCUT2D eigenvalue weighted by Gasteiger charge is 2.42. The van der Waals surface area contributed by atoms with Gasteiger partial charge in [0.2, 0.25) is 0 Å². The predicted octanol–water partition coefficient (Wildman–Crippen LogP) is 3.65. The van der Waals surface area contributed by atoms with Gasteiger partial charge in [-0.15, -0.1) is 0 Å². The van der Waals surface area contributed by atoms with Crippen molar-refractivity contribution in [3.8, 4) is 0 Å². The zero-order valence-electron chi connectivity index (χ0n) is 11.2. The molecule has 1 aliphatic rings. The Morgan fingerprint density at radius 2 is 1.71 bits per heavy atom. The fourth-order valence-electron chi connectivity index (χ4n) is 2.30. The van der Waals surface area contributed by atoms with Crippen LogP contribution in [0.5, 0.6) is 0 Å². The largest absolute Gasteiger partial charge is 0.269 e. The molecule has 1 aromatic rings. The third-order valence-corrected chi connectivity index (χ3v) is 4.22. The Labute approximate surface area is 129 Å². The summed E-state index contributed by atoms with van der Waals surface area (Å²) in [5, 5.41) is 0.505. The maximum absolute atomic E-state index is 13.3. The molecule has 0 aromatic heterocycles. The Morgan fingerprint density at radius 1 is 1.19 bits per heavy atom. The van der Waals surface area contributed by atoms with Crippen molar-refractivity contribution in [1.82, 2.24) is 4.90 Å². The Morgan fingerprint density at radius 3 is 2.14 bits per heavy atom. The molecular weight excluding hydrogens is 344 g/mol. The number of allylic oxidation sites excluding steroid dienone is 1. The lowest BCUT2D eigenvalue weighted by Gasteiger charge is -2.25. The van der Waals surface area contributed by atoms with Gasteiger partial charge in [-0.3, -0.25) is 14.5 Å². The van der Waals surface area contributed by atoms with Crippen LogP contribution in [0.2, 0.25) is 0 Å². The number of nitrogens with zero attached hydrogens (tertiary/aromatic N) is 1. The first-order chi connectivity index (χ1) is 9.97. The molecule has 1 unspecified atom stereocenters.